The van der Waals surface area contributed by atoms with E-state index < -0.39 is 17.7 Å². The van der Waals surface area contributed by atoms with Crippen LogP contribution < -0.4 is 9.64 Å². The molecule has 1 aliphatic rings. The Morgan fingerprint density at radius 2 is 1.76 bits per heavy atom. The van der Waals surface area contributed by atoms with Crippen molar-refractivity contribution in [2.24, 2.45) is 0 Å². The van der Waals surface area contributed by atoms with Gasteiger partial charge in [-0.05, 0) is 72.3 Å². The number of carbonyl (C=O) groups excluding carboxylic acids is 2. The number of aliphatic hydroxyl groups excluding tert-OH is 1. The number of nitrogens with zero attached hydrogens (tertiary/aromatic N) is 1. The first-order valence-corrected chi connectivity index (χ1v) is 12.6. The van der Waals surface area contributed by atoms with Crippen molar-refractivity contribution in [2.45, 2.75) is 26.5 Å². The maximum atomic E-state index is 13.3. The Morgan fingerprint density at radius 1 is 0.973 bits per heavy atom. The van der Waals surface area contributed by atoms with Crippen molar-refractivity contribution >= 4 is 34.5 Å². The summed E-state index contributed by atoms with van der Waals surface area (Å²) >= 11 is 1.37. The molecule has 1 fully saturated rings. The first kappa shape index (κ1) is 24.3. The fraction of sp³-hybridized carbons (Fsp3) is 0.133. The summed E-state index contributed by atoms with van der Waals surface area (Å²) in [6.07, 6.45) is 0. The number of Topliss-reactive ketones (excluding diaryl/α,β-unsaturated/α-hetero) is 1. The number of hydrogen-bond acceptors (Lipinski definition) is 6. The number of benzene rings is 3. The van der Waals surface area contributed by atoms with E-state index in [1.54, 1.807) is 36.4 Å². The minimum Gasteiger partial charge on any atom is -0.507 e. The lowest BCUT2D eigenvalue weighted by atomic mass is 9.98. The largest absolute Gasteiger partial charge is 0.507 e. The Bertz CT molecular complexity index is 1510. The summed E-state index contributed by atoms with van der Waals surface area (Å²) in [5, 5.41) is 23.8. The van der Waals surface area contributed by atoms with Gasteiger partial charge in [0.1, 0.15) is 29.9 Å². The Labute approximate surface area is 218 Å². The van der Waals surface area contributed by atoms with Crippen molar-refractivity contribution < 1.29 is 24.5 Å². The molecule has 1 aliphatic heterocycles. The molecule has 0 bridgehead atoms. The SMILES string of the molecule is Cc1ccc(O)c(N2C(=O)C(=O)/C(=C(\O)c3ccc(OCc4ccccc4)c(C)c3)C2c2cccs2)c1. The molecule has 0 radical (unpaired) electrons. The summed E-state index contributed by atoms with van der Waals surface area (Å²) < 4.78 is 5.95. The van der Waals surface area contributed by atoms with Crippen molar-refractivity contribution in [1.29, 1.82) is 0 Å². The molecule has 1 aromatic heterocycles. The van der Waals surface area contributed by atoms with Crippen molar-refractivity contribution in [1.82, 2.24) is 0 Å². The third-order valence-electron chi connectivity index (χ3n) is 6.33. The van der Waals surface area contributed by atoms with E-state index in [2.05, 4.69) is 0 Å². The van der Waals surface area contributed by atoms with Crippen molar-refractivity contribution in [3.05, 3.63) is 117 Å². The predicted molar refractivity (Wildman–Crippen MR) is 144 cm³/mol. The molecule has 6 nitrogen and oxygen atoms in total. The van der Waals surface area contributed by atoms with Gasteiger partial charge in [0.05, 0.1) is 11.3 Å². The van der Waals surface area contributed by atoms with Crippen LogP contribution in [0.15, 0.2) is 89.8 Å². The number of ether oxygens (including phenoxy) is 1. The van der Waals surface area contributed by atoms with Crippen LogP contribution >= 0.6 is 11.3 Å². The zero-order valence-electron chi connectivity index (χ0n) is 20.3. The smallest absolute Gasteiger partial charge is 0.300 e. The van der Waals surface area contributed by atoms with E-state index in [4.69, 9.17) is 4.74 Å². The van der Waals surface area contributed by atoms with E-state index in [-0.39, 0.29) is 22.8 Å². The highest BCUT2D eigenvalue weighted by atomic mass is 32.1. The molecule has 1 atom stereocenters. The molecule has 186 valence electrons. The Hall–Kier alpha value is -4.36. The van der Waals surface area contributed by atoms with Gasteiger partial charge >= 0.3 is 0 Å². The van der Waals surface area contributed by atoms with Crippen LogP contribution in [-0.4, -0.2) is 21.9 Å². The number of rotatable bonds is 6. The Balaban J connectivity index is 1.55. The van der Waals surface area contributed by atoms with Gasteiger partial charge in [0.2, 0.25) is 0 Å². The molecule has 1 saturated heterocycles. The van der Waals surface area contributed by atoms with Gasteiger partial charge in [0.15, 0.2) is 0 Å². The molecule has 4 aromatic rings. The second kappa shape index (κ2) is 9.95. The summed E-state index contributed by atoms with van der Waals surface area (Å²) in [4.78, 5) is 28.5. The molecule has 2 N–H and O–H groups in total. The van der Waals surface area contributed by atoms with E-state index in [0.29, 0.717) is 22.8 Å². The highest BCUT2D eigenvalue weighted by molar-refractivity contribution is 7.10. The lowest BCUT2D eigenvalue weighted by molar-refractivity contribution is -0.132. The van der Waals surface area contributed by atoms with Gasteiger partial charge in [0, 0.05) is 10.4 Å². The number of amides is 1. The van der Waals surface area contributed by atoms with Gasteiger partial charge < -0.3 is 14.9 Å². The van der Waals surface area contributed by atoms with Crippen LogP contribution in [0, 0.1) is 13.8 Å². The summed E-state index contributed by atoms with van der Waals surface area (Å²) in [5.74, 6) is -1.35. The quantitative estimate of drug-likeness (QED) is 0.181. The molecule has 1 unspecified atom stereocenters. The molecule has 37 heavy (non-hydrogen) atoms. The molecular weight excluding hydrogens is 486 g/mol. The van der Waals surface area contributed by atoms with Crippen molar-refractivity contribution in [3.8, 4) is 11.5 Å². The molecule has 3 aromatic carbocycles. The lowest BCUT2D eigenvalue weighted by Crippen LogP contribution is -2.29. The molecular formula is C30H25NO5S. The van der Waals surface area contributed by atoms with E-state index in [1.807, 2.05) is 55.6 Å². The van der Waals surface area contributed by atoms with Crippen LogP contribution in [0.4, 0.5) is 5.69 Å². The average molecular weight is 512 g/mol. The number of aromatic hydroxyl groups is 1. The van der Waals surface area contributed by atoms with Crippen LogP contribution in [0.3, 0.4) is 0 Å². The maximum Gasteiger partial charge on any atom is 0.300 e. The molecule has 5 rings (SSSR count). The zero-order chi connectivity index (χ0) is 26.1. The second-order valence-corrected chi connectivity index (χ2v) is 9.91. The molecule has 0 aliphatic carbocycles. The number of thiophene rings is 1. The fourth-order valence-electron chi connectivity index (χ4n) is 4.47. The minimum absolute atomic E-state index is 0.0225. The minimum atomic E-state index is -0.873. The number of anilines is 1. The maximum absolute atomic E-state index is 13.3. The van der Waals surface area contributed by atoms with Gasteiger partial charge in [-0.3, -0.25) is 14.5 Å². The molecule has 0 saturated carbocycles. The third-order valence-corrected chi connectivity index (χ3v) is 7.26. The first-order valence-electron chi connectivity index (χ1n) is 11.8. The van der Waals surface area contributed by atoms with E-state index >= 15 is 0 Å². The second-order valence-electron chi connectivity index (χ2n) is 8.93. The number of carbonyl (C=O) groups is 2. The summed E-state index contributed by atoms with van der Waals surface area (Å²) in [7, 11) is 0. The standard InChI is InChI=1S/C30H25NO5S/c1-18-10-12-23(32)22(15-18)31-27(25-9-6-14-37-25)26(29(34)30(31)35)28(33)21-11-13-24(19(2)16-21)36-17-20-7-4-3-5-8-20/h3-16,27,32-33H,17H2,1-2H3/b28-26-. The fourth-order valence-corrected chi connectivity index (χ4v) is 5.30. The van der Waals surface area contributed by atoms with E-state index in [1.165, 1.54) is 22.3 Å². The van der Waals surface area contributed by atoms with Crippen LogP contribution in [0.25, 0.3) is 5.76 Å². The van der Waals surface area contributed by atoms with Gasteiger partial charge in [0.25, 0.3) is 11.7 Å². The Kier molecular flexibility index (Phi) is 6.54. The Morgan fingerprint density at radius 3 is 2.46 bits per heavy atom. The monoisotopic (exact) mass is 511 g/mol. The predicted octanol–water partition coefficient (Wildman–Crippen LogP) is 6.28. The van der Waals surface area contributed by atoms with E-state index in [0.717, 1.165) is 16.7 Å². The van der Waals surface area contributed by atoms with Crippen LogP contribution in [0.2, 0.25) is 0 Å². The normalized spacial score (nSPS) is 16.8. The number of aliphatic hydroxyl groups is 1. The van der Waals surface area contributed by atoms with Crippen LogP contribution in [0.1, 0.15) is 33.2 Å². The molecule has 1 amide bonds. The van der Waals surface area contributed by atoms with Gasteiger partial charge in [-0.15, -0.1) is 11.3 Å². The summed E-state index contributed by atoms with van der Waals surface area (Å²) in [6, 6.07) is 22.6. The number of ketones is 1. The topological polar surface area (TPSA) is 87.1 Å². The lowest BCUT2D eigenvalue weighted by Gasteiger charge is -2.25. The summed E-state index contributed by atoms with van der Waals surface area (Å²) in [6.45, 7) is 4.09. The third kappa shape index (κ3) is 4.61. The summed E-state index contributed by atoms with van der Waals surface area (Å²) in [5.41, 5.74) is 3.23. The highest BCUT2D eigenvalue weighted by Gasteiger charge is 2.48. The van der Waals surface area contributed by atoms with E-state index in [9.17, 15) is 19.8 Å². The molecule has 0 spiro atoms. The number of phenols is 1. The van der Waals surface area contributed by atoms with Crippen molar-refractivity contribution in [2.75, 3.05) is 4.90 Å². The van der Waals surface area contributed by atoms with Gasteiger partial charge in [-0.2, -0.15) is 0 Å². The number of hydrogen-bond donors (Lipinski definition) is 2. The number of phenolic OH excluding ortho intramolecular Hbond substituents is 1. The van der Waals surface area contributed by atoms with Crippen molar-refractivity contribution in [3.63, 3.8) is 0 Å². The highest BCUT2D eigenvalue weighted by Crippen LogP contribution is 2.46. The van der Waals surface area contributed by atoms with Gasteiger partial charge in [-0.1, -0.05) is 42.5 Å². The first-order chi connectivity index (χ1) is 17.8. The zero-order valence-corrected chi connectivity index (χ0v) is 21.2. The molecule has 7 heteroatoms. The van der Waals surface area contributed by atoms with Crippen LogP contribution in [-0.2, 0) is 16.2 Å². The van der Waals surface area contributed by atoms with Crippen LogP contribution in [0.5, 0.6) is 11.5 Å². The average Bonchev–Trinajstić information content (AvgIpc) is 3.52. The molecule has 2 heterocycles. The van der Waals surface area contributed by atoms with Gasteiger partial charge in [-0.25, -0.2) is 0 Å². The number of aryl methyl sites for hydroxylation is 2.